The maximum atomic E-state index is 12.4. The van der Waals surface area contributed by atoms with Gasteiger partial charge in [0.25, 0.3) is 0 Å². The lowest BCUT2D eigenvalue weighted by atomic mass is 9.87. The molecule has 2 aliphatic rings. The first-order valence-electron chi connectivity index (χ1n) is 9.71. The molecule has 2 saturated carbocycles. The van der Waals surface area contributed by atoms with Crippen LogP contribution in [0.3, 0.4) is 0 Å². The molecule has 25 heavy (non-hydrogen) atoms. The van der Waals surface area contributed by atoms with Gasteiger partial charge in [-0.05, 0) is 32.1 Å². The molecular formula is C19H34NO4P. The molecule has 0 spiro atoms. The van der Waals surface area contributed by atoms with Gasteiger partial charge in [-0.1, -0.05) is 31.4 Å². The van der Waals surface area contributed by atoms with Crippen LogP contribution in [0, 0.1) is 17.8 Å². The molecule has 2 aliphatic carbocycles. The second-order valence-corrected chi connectivity index (χ2v) is 7.52. The maximum Gasteiger partial charge on any atom is 0.223 e. The van der Waals surface area contributed by atoms with Crippen LogP contribution in [0.2, 0.25) is 0 Å². The monoisotopic (exact) mass is 371 g/mol. The highest BCUT2D eigenvalue weighted by Crippen LogP contribution is 2.37. The summed E-state index contributed by atoms with van der Waals surface area (Å²) in [6, 6.07) is 0. The van der Waals surface area contributed by atoms with Gasteiger partial charge in [0.15, 0.2) is 0 Å². The highest BCUT2D eigenvalue weighted by Gasteiger charge is 2.42. The van der Waals surface area contributed by atoms with E-state index in [1.807, 2.05) is 13.0 Å². The van der Waals surface area contributed by atoms with Gasteiger partial charge in [-0.25, -0.2) is 0 Å². The predicted molar refractivity (Wildman–Crippen MR) is 102 cm³/mol. The third kappa shape index (κ3) is 6.32. The minimum Gasteiger partial charge on any atom is -0.393 e. The zero-order valence-electron chi connectivity index (χ0n) is 15.4. The minimum atomic E-state index is -0.390. The van der Waals surface area contributed by atoms with Crippen LogP contribution in [0.5, 0.6) is 0 Å². The number of aliphatic hydroxyl groups excluding tert-OH is 1. The van der Waals surface area contributed by atoms with Crippen LogP contribution in [0.25, 0.3) is 0 Å². The summed E-state index contributed by atoms with van der Waals surface area (Å²) in [5, 5.41) is 13.5. The average Bonchev–Trinajstić information content (AvgIpc) is 2.95. The summed E-state index contributed by atoms with van der Waals surface area (Å²) >= 11 is 0. The van der Waals surface area contributed by atoms with E-state index >= 15 is 0 Å². The molecular weight excluding hydrogens is 337 g/mol. The number of carbonyl (C=O) groups is 1. The number of hydrogen-bond acceptors (Lipinski definition) is 4. The Morgan fingerprint density at radius 2 is 2.00 bits per heavy atom. The highest BCUT2D eigenvalue weighted by molar-refractivity contribution is 7.09. The number of aliphatic hydroxyl groups is 1. The predicted octanol–water partition coefficient (Wildman–Crippen LogP) is 2.84. The molecule has 0 bridgehead atoms. The minimum absolute atomic E-state index is 0.0306. The Kier molecular flexibility index (Phi) is 9.40. The number of rotatable bonds is 9. The normalized spacial score (nSPS) is 30.8. The quantitative estimate of drug-likeness (QED) is 0.372. The SMILES string of the molecule is CCOC/C=C\C[C@H]1C(O)CC(OP)[C@@H]1CNC(=O)C1CCCCC1. The number of nitrogens with one attached hydrogen (secondary N) is 1. The molecule has 0 aliphatic heterocycles. The Labute approximate surface area is 154 Å². The lowest BCUT2D eigenvalue weighted by Crippen LogP contribution is -2.39. The number of amides is 1. The van der Waals surface area contributed by atoms with E-state index in [0.717, 1.165) is 32.1 Å². The van der Waals surface area contributed by atoms with Crippen LogP contribution >= 0.6 is 9.47 Å². The number of hydrogen-bond donors (Lipinski definition) is 2. The van der Waals surface area contributed by atoms with Crippen molar-refractivity contribution >= 4 is 15.4 Å². The molecule has 144 valence electrons. The second-order valence-electron chi connectivity index (χ2n) is 7.25. The van der Waals surface area contributed by atoms with Crippen LogP contribution in [0.4, 0.5) is 0 Å². The zero-order chi connectivity index (χ0) is 18.1. The molecule has 0 aromatic rings. The first-order valence-corrected chi connectivity index (χ1v) is 10.2. The van der Waals surface area contributed by atoms with E-state index in [9.17, 15) is 9.90 Å². The van der Waals surface area contributed by atoms with Crippen LogP contribution in [-0.4, -0.2) is 43.0 Å². The van der Waals surface area contributed by atoms with Gasteiger partial charge in [-0.15, -0.1) is 0 Å². The van der Waals surface area contributed by atoms with Crippen LogP contribution in [-0.2, 0) is 14.1 Å². The van der Waals surface area contributed by atoms with E-state index in [4.69, 9.17) is 9.26 Å². The molecule has 2 N–H and O–H groups in total. The molecule has 3 unspecified atom stereocenters. The van der Waals surface area contributed by atoms with Gasteiger partial charge in [-0.3, -0.25) is 4.79 Å². The second kappa shape index (κ2) is 11.3. The van der Waals surface area contributed by atoms with E-state index in [-0.39, 0.29) is 35.9 Å². The molecule has 2 rings (SSSR count). The topological polar surface area (TPSA) is 67.8 Å². The number of allylic oxidation sites excluding steroid dienone is 1. The van der Waals surface area contributed by atoms with Crippen molar-refractivity contribution in [3.8, 4) is 0 Å². The molecule has 2 fully saturated rings. The van der Waals surface area contributed by atoms with Crippen molar-refractivity contribution < 1.29 is 19.2 Å². The summed E-state index contributed by atoms with van der Waals surface area (Å²) in [4.78, 5) is 12.4. The lowest BCUT2D eigenvalue weighted by Gasteiger charge is -2.26. The van der Waals surface area contributed by atoms with E-state index in [2.05, 4.69) is 20.9 Å². The molecule has 0 heterocycles. The van der Waals surface area contributed by atoms with Gasteiger partial charge in [-0.2, -0.15) is 0 Å². The third-order valence-electron chi connectivity index (χ3n) is 5.65. The molecule has 5 atom stereocenters. The standard InChI is InChI=1S/C19H34NO4P/c1-2-23-11-7-6-10-15-16(18(24-25)12-17(15)21)13-20-19(22)14-8-4-3-5-9-14/h6-7,14-18,21H,2-5,8-13,25H2,1H3,(H,20,22)/b7-6-/t15-,16-,17?,18?/m1/s1. The number of carbonyl (C=O) groups excluding carboxylic acids is 1. The molecule has 0 aromatic heterocycles. The summed E-state index contributed by atoms with van der Waals surface area (Å²) in [7, 11) is 2.32. The molecule has 1 amide bonds. The van der Waals surface area contributed by atoms with E-state index in [1.54, 1.807) is 0 Å². The zero-order valence-corrected chi connectivity index (χ0v) is 16.5. The molecule has 5 nitrogen and oxygen atoms in total. The first-order chi connectivity index (χ1) is 12.2. The van der Waals surface area contributed by atoms with Gasteiger partial charge in [0.05, 0.1) is 18.8 Å². The Morgan fingerprint density at radius 3 is 2.68 bits per heavy atom. The van der Waals surface area contributed by atoms with Gasteiger partial charge in [0, 0.05) is 40.9 Å². The van der Waals surface area contributed by atoms with E-state index in [0.29, 0.717) is 26.2 Å². The van der Waals surface area contributed by atoms with Crippen molar-refractivity contribution in [1.29, 1.82) is 0 Å². The van der Waals surface area contributed by atoms with Crippen molar-refractivity contribution in [2.75, 3.05) is 19.8 Å². The van der Waals surface area contributed by atoms with Gasteiger partial charge >= 0.3 is 0 Å². The largest absolute Gasteiger partial charge is 0.393 e. The average molecular weight is 371 g/mol. The summed E-state index contributed by atoms with van der Waals surface area (Å²) in [5.41, 5.74) is 0. The molecule has 0 radical (unpaired) electrons. The fourth-order valence-electron chi connectivity index (χ4n) is 4.15. The summed E-state index contributed by atoms with van der Waals surface area (Å²) in [6.07, 6.45) is 10.6. The molecule has 0 aromatic carbocycles. The van der Waals surface area contributed by atoms with Crippen molar-refractivity contribution in [2.45, 2.75) is 64.1 Å². The number of ether oxygens (including phenoxy) is 1. The van der Waals surface area contributed by atoms with Crippen LogP contribution < -0.4 is 5.32 Å². The van der Waals surface area contributed by atoms with Crippen molar-refractivity contribution in [2.24, 2.45) is 17.8 Å². The Hall–Kier alpha value is -0.480. The summed E-state index contributed by atoms with van der Waals surface area (Å²) < 4.78 is 10.8. The fourth-order valence-corrected chi connectivity index (χ4v) is 4.47. The highest BCUT2D eigenvalue weighted by atomic mass is 31.0. The third-order valence-corrected chi connectivity index (χ3v) is 6.00. The van der Waals surface area contributed by atoms with Crippen LogP contribution in [0.15, 0.2) is 12.2 Å². The van der Waals surface area contributed by atoms with Gasteiger partial charge < -0.3 is 19.7 Å². The van der Waals surface area contributed by atoms with Gasteiger partial charge in [0.2, 0.25) is 5.91 Å². The fraction of sp³-hybridized carbons (Fsp3) is 0.842. The first kappa shape index (κ1) is 20.8. The summed E-state index contributed by atoms with van der Waals surface area (Å²) in [6.45, 7) is 3.86. The maximum absolute atomic E-state index is 12.4. The molecule has 0 saturated heterocycles. The Morgan fingerprint density at radius 1 is 1.24 bits per heavy atom. The Bertz CT molecular complexity index is 426. The summed E-state index contributed by atoms with van der Waals surface area (Å²) in [5.74, 6) is 0.584. The van der Waals surface area contributed by atoms with Crippen LogP contribution in [0.1, 0.15) is 51.9 Å². The smallest absolute Gasteiger partial charge is 0.223 e. The van der Waals surface area contributed by atoms with E-state index < -0.39 is 0 Å². The van der Waals surface area contributed by atoms with E-state index in [1.165, 1.54) is 6.42 Å². The lowest BCUT2D eigenvalue weighted by molar-refractivity contribution is -0.126. The van der Waals surface area contributed by atoms with Crippen molar-refractivity contribution in [3.63, 3.8) is 0 Å². The van der Waals surface area contributed by atoms with Crippen molar-refractivity contribution in [1.82, 2.24) is 5.32 Å². The Balaban J connectivity index is 1.86. The van der Waals surface area contributed by atoms with Gasteiger partial charge in [0.1, 0.15) is 0 Å². The molecule has 6 heteroatoms. The van der Waals surface area contributed by atoms with Crippen molar-refractivity contribution in [3.05, 3.63) is 12.2 Å².